The largest absolute Gasteiger partial charge is 0.480 e. The molecule has 2 aliphatic carbocycles. The molecular formula is C8H13NO2. The van der Waals surface area contributed by atoms with Crippen LogP contribution in [-0.4, -0.2) is 16.6 Å². The first-order chi connectivity index (χ1) is 5.13. The van der Waals surface area contributed by atoms with Crippen molar-refractivity contribution in [1.29, 1.82) is 0 Å². The molecule has 3 N–H and O–H groups in total. The number of nitrogens with two attached hydrogens (primary N) is 1. The standard InChI is InChI=1S/C8H13NO2/c9-8(7(10)11)4-5-1-2-6(8)3-5/h5-6H,1-4,9H2,(H,10,11)/t5-,6+,8-/m0/s1. The van der Waals surface area contributed by atoms with E-state index in [2.05, 4.69) is 0 Å². The summed E-state index contributed by atoms with van der Waals surface area (Å²) >= 11 is 0. The normalized spacial score (nSPS) is 48.1. The number of carboxylic acids is 1. The molecule has 0 aromatic heterocycles. The Morgan fingerprint density at radius 3 is 2.55 bits per heavy atom. The zero-order chi connectivity index (χ0) is 8.06. The van der Waals surface area contributed by atoms with Gasteiger partial charge in [0, 0.05) is 0 Å². The first kappa shape index (κ1) is 7.10. The molecule has 0 heterocycles. The second kappa shape index (κ2) is 1.97. The average Bonchev–Trinajstić information content (AvgIpc) is 2.45. The maximum Gasteiger partial charge on any atom is 0.323 e. The zero-order valence-electron chi connectivity index (χ0n) is 6.42. The van der Waals surface area contributed by atoms with Crippen LogP contribution in [0.3, 0.4) is 0 Å². The molecule has 2 rings (SSSR count). The molecule has 2 fully saturated rings. The zero-order valence-corrected chi connectivity index (χ0v) is 6.42. The molecular weight excluding hydrogens is 142 g/mol. The van der Waals surface area contributed by atoms with Crippen LogP contribution in [0.5, 0.6) is 0 Å². The van der Waals surface area contributed by atoms with Crippen LogP contribution in [-0.2, 0) is 4.79 Å². The van der Waals surface area contributed by atoms with Crippen molar-refractivity contribution in [2.45, 2.75) is 31.2 Å². The Bertz CT molecular complexity index is 204. The highest BCUT2D eigenvalue weighted by atomic mass is 16.4. The number of carbonyl (C=O) groups is 1. The molecule has 0 unspecified atom stereocenters. The Hall–Kier alpha value is -0.570. The Labute approximate surface area is 65.6 Å². The fourth-order valence-electron chi connectivity index (χ4n) is 2.63. The van der Waals surface area contributed by atoms with Crippen LogP contribution in [0.4, 0.5) is 0 Å². The summed E-state index contributed by atoms with van der Waals surface area (Å²) in [4.78, 5) is 10.8. The third kappa shape index (κ3) is 0.805. The monoisotopic (exact) mass is 155 g/mol. The van der Waals surface area contributed by atoms with E-state index in [-0.39, 0.29) is 5.92 Å². The van der Waals surface area contributed by atoms with Crippen molar-refractivity contribution in [2.75, 3.05) is 0 Å². The highest BCUT2D eigenvalue weighted by Crippen LogP contribution is 2.49. The Morgan fingerprint density at radius 1 is 1.55 bits per heavy atom. The lowest BCUT2D eigenvalue weighted by atomic mass is 9.82. The van der Waals surface area contributed by atoms with E-state index in [0.29, 0.717) is 12.3 Å². The lowest BCUT2D eigenvalue weighted by molar-refractivity contribution is -0.145. The van der Waals surface area contributed by atoms with Crippen molar-refractivity contribution in [1.82, 2.24) is 0 Å². The van der Waals surface area contributed by atoms with Gasteiger partial charge < -0.3 is 10.8 Å². The number of hydrogen-bond donors (Lipinski definition) is 2. The van der Waals surface area contributed by atoms with Gasteiger partial charge in [-0.05, 0) is 31.1 Å². The summed E-state index contributed by atoms with van der Waals surface area (Å²) in [7, 11) is 0. The number of fused-ring (bicyclic) bond motifs is 2. The molecule has 2 bridgehead atoms. The smallest absolute Gasteiger partial charge is 0.323 e. The van der Waals surface area contributed by atoms with Crippen molar-refractivity contribution < 1.29 is 9.90 Å². The molecule has 2 aliphatic rings. The van der Waals surface area contributed by atoms with Gasteiger partial charge >= 0.3 is 5.97 Å². The summed E-state index contributed by atoms with van der Waals surface area (Å²) in [6, 6.07) is 0. The maximum absolute atomic E-state index is 10.8. The minimum Gasteiger partial charge on any atom is -0.480 e. The van der Waals surface area contributed by atoms with Gasteiger partial charge in [0.15, 0.2) is 0 Å². The van der Waals surface area contributed by atoms with Gasteiger partial charge in [0.2, 0.25) is 0 Å². The summed E-state index contributed by atoms with van der Waals surface area (Å²) in [5.74, 6) is 0.0517. The highest BCUT2D eigenvalue weighted by Gasteiger charge is 2.53. The first-order valence-electron chi connectivity index (χ1n) is 4.15. The summed E-state index contributed by atoms with van der Waals surface area (Å²) in [5, 5.41) is 8.87. The van der Waals surface area contributed by atoms with Gasteiger partial charge in [0.25, 0.3) is 0 Å². The van der Waals surface area contributed by atoms with Crippen molar-refractivity contribution in [3.8, 4) is 0 Å². The maximum atomic E-state index is 10.8. The second-order valence-corrected chi connectivity index (χ2v) is 3.93. The average molecular weight is 155 g/mol. The molecule has 0 radical (unpaired) electrons. The summed E-state index contributed by atoms with van der Waals surface area (Å²) < 4.78 is 0. The molecule has 0 amide bonds. The SMILES string of the molecule is N[C@@]1(C(=O)O)C[C@H]2CC[C@@H]1C2. The summed E-state index contributed by atoms with van der Waals surface area (Å²) in [6.45, 7) is 0. The Balaban J connectivity index is 2.23. The number of rotatable bonds is 1. The fourth-order valence-corrected chi connectivity index (χ4v) is 2.63. The minimum absolute atomic E-state index is 0.255. The predicted molar refractivity (Wildman–Crippen MR) is 40.0 cm³/mol. The molecule has 0 saturated heterocycles. The van der Waals surface area contributed by atoms with Crippen LogP contribution in [0, 0.1) is 11.8 Å². The van der Waals surface area contributed by atoms with E-state index in [0.717, 1.165) is 12.8 Å². The summed E-state index contributed by atoms with van der Waals surface area (Å²) in [5.41, 5.74) is 4.92. The van der Waals surface area contributed by atoms with E-state index in [1.54, 1.807) is 0 Å². The van der Waals surface area contributed by atoms with Gasteiger partial charge in [0.05, 0.1) is 0 Å². The number of hydrogen-bond acceptors (Lipinski definition) is 2. The molecule has 0 aromatic rings. The van der Waals surface area contributed by atoms with Gasteiger partial charge in [-0.3, -0.25) is 4.79 Å². The van der Waals surface area contributed by atoms with E-state index in [1.807, 2.05) is 0 Å². The van der Waals surface area contributed by atoms with Crippen LogP contribution in [0.1, 0.15) is 25.7 Å². The van der Waals surface area contributed by atoms with Crippen LogP contribution in [0.2, 0.25) is 0 Å². The Kier molecular flexibility index (Phi) is 1.27. The van der Waals surface area contributed by atoms with E-state index < -0.39 is 11.5 Å². The van der Waals surface area contributed by atoms with E-state index >= 15 is 0 Å². The minimum atomic E-state index is -0.872. The number of carboxylic acid groups (broad SMARTS) is 1. The van der Waals surface area contributed by atoms with Crippen LogP contribution < -0.4 is 5.73 Å². The van der Waals surface area contributed by atoms with Gasteiger partial charge in [-0.1, -0.05) is 6.42 Å². The second-order valence-electron chi connectivity index (χ2n) is 3.93. The molecule has 0 aliphatic heterocycles. The van der Waals surface area contributed by atoms with E-state index in [4.69, 9.17) is 10.8 Å². The lowest BCUT2D eigenvalue weighted by Crippen LogP contribution is -2.52. The lowest BCUT2D eigenvalue weighted by Gasteiger charge is -2.28. The van der Waals surface area contributed by atoms with Crippen molar-refractivity contribution in [2.24, 2.45) is 17.6 Å². The van der Waals surface area contributed by atoms with Crippen LogP contribution in [0.25, 0.3) is 0 Å². The van der Waals surface area contributed by atoms with Crippen molar-refractivity contribution in [3.05, 3.63) is 0 Å². The molecule has 2 saturated carbocycles. The number of aliphatic carboxylic acids is 1. The first-order valence-corrected chi connectivity index (χ1v) is 4.15. The molecule has 62 valence electrons. The third-order valence-corrected chi connectivity index (χ3v) is 3.29. The van der Waals surface area contributed by atoms with E-state index in [1.165, 1.54) is 6.42 Å². The molecule has 0 spiro atoms. The van der Waals surface area contributed by atoms with Crippen molar-refractivity contribution >= 4 is 5.97 Å². The van der Waals surface area contributed by atoms with Gasteiger partial charge in [0.1, 0.15) is 5.54 Å². The van der Waals surface area contributed by atoms with Gasteiger partial charge in [-0.25, -0.2) is 0 Å². The third-order valence-electron chi connectivity index (χ3n) is 3.29. The fraction of sp³-hybridized carbons (Fsp3) is 0.875. The van der Waals surface area contributed by atoms with Crippen LogP contribution >= 0.6 is 0 Å². The Morgan fingerprint density at radius 2 is 2.27 bits per heavy atom. The molecule has 3 nitrogen and oxygen atoms in total. The quantitative estimate of drug-likeness (QED) is 0.582. The molecule has 3 atom stereocenters. The van der Waals surface area contributed by atoms with E-state index in [9.17, 15) is 4.79 Å². The van der Waals surface area contributed by atoms with Gasteiger partial charge in [-0.2, -0.15) is 0 Å². The van der Waals surface area contributed by atoms with Gasteiger partial charge in [-0.15, -0.1) is 0 Å². The topological polar surface area (TPSA) is 63.3 Å². The summed E-state index contributed by atoms with van der Waals surface area (Å²) in [6.07, 6.45) is 3.96. The van der Waals surface area contributed by atoms with Crippen LogP contribution in [0.15, 0.2) is 0 Å². The molecule has 0 aromatic carbocycles. The molecule has 11 heavy (non-hydrogen) atoms. The highest BCUT2D eigenvalue weighted by molar-refractivity contribution is 5.79. The predicted octanol–water partition coefficient (Wildman–Crippen LogP) is 0.588. The molecule has 3 heteroatoms. The van der Waals surface area contributed by atoms with Crippen molar-refractivity contribution in [3.63, 3.8) is 0 Å².